The Morgan fingerprint density at radius 1 is 1.25 bits per heavy atom. The van der Waals surface area contributed by atoms with E-state index in [4.69, 9.17) is 9.47 Å². The fourth-order valence-corrected chi connectivity index (χ4v) is 3.61. The summed E-state index contributed by atoms with van der Waals surface area (Å²) in [4.78, 5) is 18.6. The molecule has 1 aromatic carbocycles. The topological polar surface area (TPSA) is 56.6 Å². The zero-order chi connectivity index (χ0) is 19.9. The minimum absolute atomic E-state index is 0.00902. The van der Waals surface area contributed by atoms with Gasteiger partial charge in [-0.25, -0.2) is 9.37 Å². The van der Waals surface area contributed by atoms with Crippen LogP contribution in [0.15, 0.2) is 30.5 Å². The van der Waals surface area contributed by atoms with Crippen LogP contribution in [0.1, 0.15) is 30.8 Å². The molecule has 0 radical (unpaired) electrons. The predicted molar refractivity (Wildman–Crippen MR) is 103 cm³/mol. The summed E-state index contributed by atoms with van der Waals surface area (Å²) >= 11 is 0. The van der Waals surface area contributed by atoms with Crippen LogP contribution in [-0.2, 0) is 22.7 Å². The normalized spacial score (nSPS) is 15.0. The van der Waals surface area contributed by atoms with Gasteiger partial charge in [0.15, 0.2) is 6.61 Å². The van der Waals surface area contributed by atoms with Crippen LogP contribution in [0.2, 0.25) is 0 Å². The minimum atomic E-state index is -0.319. The zero-order valence-corrected chi connectivity index (χ0v) is 16.6. The fourth-order valence-electron chi connectivity index (χ4n) is 3.61. The number of amides is 1. The summed E-state index contributed by atoms with van der Waals surface area (Å²) in [6.45, 7) is 5.01. The van der Waals surface area contributed by atoms with Gasteiger partial charge >= 0.3 is 0 Å². The van der Waals surface area contributed by atoms with Crippen LogP contribution in [0.5, 0.6) is 5.75 Å². The first-order valence-corrected chi connectivity index (χ1v) is 9.73. The van der Waals surface area contributed by atoms with Gasteiger partial charge in [0.05, 0.1) is 0 Å². The first-order valence-electron chi connectivity index (χ1n) is 9.73. The molecule has 1 fully saturated rings. The van der Waals surface area contributed by atoms with Gasteiger partial charge in [-0.15, -0.1) is 0 Å². The van der Waals surface area contributed by atoms with E-state index in [0.29, 0.717) is 18.3 Å². The highest BCUT2D eigenvalue weighted by Crippen LogP contribution is 2.22. The Balaban J connectivity index is 1.41. The number of benzene rings is 1. The van der Waals surface area contributed by atoms with E-state index in [1.165, 1.54) is 24.3 Å². The van der Waals surface area contributed by atoms with Crippen LogP contribution in [0.3, 0.4) is 0 Å². The van der Waals surface area contributed by atoms with Gasteiger partial charge in [0.2, 0.25) is 0 Å². The molecule has 0 bridgehead atoms. The van der Waals surface area contributed by atoms with E-state index in [9.17, 15) is 9.18 Å². The van der Waals surface area contributed by atoms with Crippen LogP contribution in [0.25, 0.3) is 0 Å². The number of piperidine rings is 1. The summed E-state index contributed by atoms with van der Waals surface area (Å²) in [5.41, 5.74) is 1.15. The molecule has 2 aromatic rings. The molecule has 0 spiro atoms. The Morgan fingerprint density at radius 3 is 2.64 bits per heavy atom. The summed E-state index contributed by atoms with van der Waals surface area (Å²) in [6, 6.07) is 5.71. The number of methoxy groups -OCH3 is 1. The van der Waals surface area contributed by atoms with Gasteiger partial charge in [0.1, 0.15) is 24.0 Å². The second-order valence-corrected chi connectivity index (χ2v) is 7.26. The summed E-state index contributed by atoms with van der Waals surface area (Å²) < 4.78 is 25.8. The molecule has 1 aliphatic rings. The molecule has 1 aromatic heterocycles. The van der Waals surface area contributed by atoms with E-state index >= 15 is 0 Å². The lowest BCUT2D eigenvalue weighted by Crippen LogP contribution is -2.41. The molecule has 0 aliphatic carbocycles. The molecular formula is C21H28FN3O3. The molecule has 152 valence electrons. The van der Waals surface area contributed by atoms with Crippen molar-refractivity contribution in [1.29, 1.82) is 0 Å². The number of carbonyl (C=O) groups excluding carboxylic acids is 1. The Hall–Kier alpha value is -2.41. The standard InChI is InChI=1S/C21H28FN3O3/c1-16-13-23-20(14-27-2)25(16)12-9-17-7-10-24(11-8-17)21(26)15-28-19-5-3-18(22)4-6-19/h3-6,13,17H,7-12,14-15H2,1-2H3. The Bertz CT molecular complexity index is 768. The molecule has 0 atom stereocenters. The molecule has 6 nitrogen and oxygen atoms in total. The molecule has 3 rings (SSSR count). The third-order valence-corrected chi connectivity index (χ3v) is 5.32. The highest BCUT2D eigenvalue weighted by atomic mass is 19.1. The first-order chi connectivity index (χ1) is 13.6. The number of rotatable bonds is 8. The molecule has 7 heteroatoms. The second kappa shape index (κ2) is 9.68. The lowest BCUT2D eigenvalue weighted by molar-refractivity contribution is -0.134. The molecule has 0 N–H and O–H groups in total. The Kier molecular flexibility index (Phi) is 7.03. The minimum Gasteiger partial charge on any atom is -0.484 e. The number of aromatic nitrogens is 2. The van der Waals surface area contributed by atoms with Crippen molar-refractivity contribution < 1.29 is 18.7 Å². The van der Waals surface area contributed by atoms with Crippen LogP contribution in [0.4, 0.5) is 4.39 Å². The molecule has 2 heterocycles. The number of aryl methyl sites for hydroxylation is 1. The fraction of sp³-hybridized carbons (Fsp3) is 0.524. The Morgan fingerprint density at radius 2 is 1.96 bits per heavy atom. The number of hydrogen-bond donors (Lipinski definition) is 0. The second-order valence-electron chi connectivity index (χ2n) is 7.26. The monoisotopic (exact) mass is 389 g/mol. The van der Waals surface area contributed by atoms with E-state index in [2.05, 4.69) is 16.5 Å². The summed E-state index contributed by atoms with van der Waals surface area (Å²) in [7, 11) is 1.68. The third-order valence-electron chi connectivity index (χ3n) is 5.32. The van der Waals surface area contributed by atoms with Crippen LogP contribution >= 0.6 is 0 Å². The molecule has 0 saturated carbocycles. The summed E-state index contributed by atoms with van der Waals surface area (Å²) in [6.07, 6.45) is 4.95. The van der Waals surface area contributed by atoms with Gasteiger partial charge in [-0.3, -0.25) is 4.79 Å². The SMILES string of the molecule is COCc1ncc(C)n1CCC1CCN(C(=O)COc2ccc(F)cc2)CC1. The maximum absolute atomic E-state index is 12.9. The number of nitrogens with zero attached hydrogens (tertiary/aromatic N) is 3. The summed E-state index contributed by atoms with van der Waals surface area (Å²) in [5, 5.41) is 0. The van der Waals surface area contributed by atoms with Crippen LogP contribution in [0, 0.1) is 18.7 Å². The number of halogens is 1. The molecule has 0 unspecified atom stereocenters. The Labute approximate surface area is 165 Å². The van der Waals surface area contributed by atoms with E-state index in [0.717, 1.165) is 50.4 Å². The van der Waals surface area contributed by atoms with Gasteiger partial charge in [-0.05, 0) is 56.4 Å². The van der Waals surface area contributed by atoms with Gasteiger partial charge < -0.3 is 18.9 Å². The molecule has 1 saturated heterocycles. The van der Waals surface area contributed by atoms with Crippen molar-refractivity contribution in [3.8, 4) is 5.75 Å². The lowest BCUT2D eigenvalue weighted by Gasteiger charge is -2.32. The van der Waals surface area contributed by atoms with Crippen LogP contribution < -0.4 is 4.74 Å². The molecule has 28 heavy (non-hydrogen) atoms. The zero-order valence-electron chi connectivity index (χ0n) is 16.6. The predicted octanol–water partition coefficient (Wildman–Crippen LogP) is 3.18. The van der Waals surface area contributed by atoms with Crippen molar-refractivity contribution in [1.82, 2.24) is 14.5 Å². The first kappa shape index (κ1) is 20.3. The highest BCUT2D eigenvalue weighted by molar-refractivity contribution is 5.77. The summed E-state index contributed by atoms with van der Waals surface area (Å²) in [5.74, 6) is 1.73. The van der Waals surface area contributed by atoms with Crippen molar-refractivity contribution in [2.24, 2.45) is 5.92 Å². The maximum Gasteiger partial charge on any atom is 0.260 e. The number of hydrogen-bond acceptors (Lipinski definition) is 4. The number of carbonyl (C=O) groups is 1. The van der Waals surface area contributed by atoms with E-state index in [-0.39, 0.29) is 18.3 Å². The van der Waals surface area contributed by atoms with Crippen molar-refractivity contribution in [2.75, 3.05) is 26.8 Å². The van der Waals surface area contributed by atoms with Crippen molar-refractivity contribution in [3.05, 3.63) is 47.8 Å². The number of likely N-dealkylation sites (tertiary alicyclic amines) is 1. The van der Waals surface area contributed by atoms with Gasteiger partial charge in [0.25, 0.3) is 5.91 Å². The van der Waals surface area contributed by atoms with Crippen molar-refractivity contribution in [2.45, 2.75) is 39.3 Å². The lowest BCUT2D eigenvalue weighted by atomic mass is 9.93. The largest absolute Gasteiger partial charge is 0.484 e. The van der Waals surface area contributed by atoms with Gasteiger partial charge in [-0.2, -0.15) is 0 Å². The van der Waals surface area contributed by atoms with E-state index in [1.807, 2.05) is 11.1 Å². The number of imidazole rings is 1. The average Bonchev–Trinajstić information content (AvgIpc) is 3.06. The maximum atomic E-state index is 12.9. The van der Waals surface area contributed by atoms with Gasteiger partial charge in [0, 0.05) is 38.6 Å². The third kappa shape index (κ3) is 5.32. The smallest absolute Gasteiger partial charge is 0.260 e. The molecule has 1 aliphatic heterocycles. The number of ether oxygens (including phenoxy) is 2. The highest BCUT2D eigenvalue weighted by Gasteiger charge is 2.23. The van der Waals surface area contributed by atoms with Crippen LogP contribution in [-0.4, -0.2) is 47.2 Å². The van der Waals surface area contributed by atoms with E-state index < -0.39 is 0 Å². The van der Waals surface area contributed by atoms with E-state index in [1.54, 1.807) is 7.11 Å². The average molecular weight is 389 g/mol. The quantitative estimate of drug-likeness (QED) is 0.696. The van der Waals surface area contributed by atoms with Crippen molar-refractivity contribution in [3.63, 3.8) is 0 Å². The molecule has 1 amide bonds. The van der Waals surface area contributed by atoms with Gasteiger partial charge in [-0.1, -0.05) is 0 Å². The van der Waals surface area contributed by atoms with Crippen molar-refractivity contribution >= 4 is 5.91 Å². The molecular weight excluding hydrogens is 361 g/mol.